The molecule has 1 amide bonds. The van der Waals surface area contributed by atoms with Crippen LogP contribution in [0.3, 0.4) is 0 Å². The van der Waals surface area contributed by atoms with Gasteiger partial charge >= 0.3 is 0 Å². The van der Waals surface area contributed by atoms with Crippen LogP contribution in [-0.4, -0.2) is 24.7 Å². The maximum absolute atomic E-state index is 11.8. The minimum Gasteiger partial charge on any atom is -0.504 e. The third-order valence-electron chi connectivity index (χ3n) is 3.18. The van der Waals surface area contributed by atoms with Crippen LogP contribution in [0.4, 0.5) is 0 Å². The summed E-state index contributed by atoms with van der Waals surface area (Å²) in [4.78, 5) is 11.8. The SMILES string of the molecule is COc1cc(CNC(=O)COCc2ccccc2Cl)ccc1O. The zero-order chi connectivity index (χ0) is 16.7. The number of carbonyl (C=O) groups excluding carboxylic acids is 1. The molecule has 0 spiro atoms. The van der Waals surface area contributed by atoms with Gasteiger partial charge < -0.3 is 19.9 Å². The zero-order valence-electron chi connectivity index (χ0n) is 12.7. The smallest absolute Gasteiger partial charge is 0.246 e. The molecular formula is C17H18ClNO4. The van der Waals surface area contributed by atoms with Gasteiger partial charge in [0.2, 0.25) is 5.91 Å². The van der Waals surface area contributed by atoms with Crippen molar-refractivity contribution >= 4 is 17.5 Å². The normalized spacial score (nSPS) is 10.3. The molecule has 0 bridgehead atoms. The Bertz CT molecular complexity index is 675. The number of hydrogen-bond acceptors (Lipinski definition) is 4. The Hall–Kier alpha value is -2.24. The summed E-state index contributed by atoms with van der Waals surface area (Å²) < 4.78 is 10.4. The van der Waals surface area contributed by atoms with E-state index in [2.05, 4.69) is 5.32 Å². The highest BCUT2D eigenvalue weighted by atomic mass is 35.5. The lowest BCUT2D eigenvalue weighted by Gasteiger charge is -2.09. The molecule has 122 valence electrons. The Kier molecular flexibility index (Phi) is 6.26. The van der Waals surface area contributed by atoms with Crippen molar-refractivity contribution in [2.45, 2.75) is 13.2 Å². The Morgan fingerprint density at radius 2 is 2.04 bits per heavy atom. The molecule has 0 aliphatic heterocycles. The Labute approximate surface area is 139 Å². The summed E-state index contributed by atoms with van der Waals surface area (Å²) in [6.45, 7) is 0.547. The van der Waals surface area contributed by atoms with E-state index in [4.69, 9.17) is 21.1 Å². The van der Waals surface area contributed by atoms with Gasteiger partial charge in [0.1, 0.15) is 6.61 Å². The summed E-state index contributed by atoms with van der Waals surface area (Å²) in [6.07, 6.45) is 0. The molecule has 23 heavy (non-hydrogen) atoms. The van der Waals surface area contributed by atoms with Crippen LogP contribution in [0.1, 0.15) is 11.1 Å². The molecule has 6 heteroatoms. The number of phenols is 1. The van der Waals surface area contributed by atoms with Crippen LogP contribution >= 0.6 is 11.6 Å². The maximum atomic E-state index is 11.8. The number of hydrogen-bond donors (Lipinski definition) is 2. The first-order valence-electron chi connectivity index (χ1n) is 7.04. The summed E-state index contributed by atoms with van der Waals surface area (Å²) in [5.74, 6) is 0.196. The predicted octanol–water partition coefficient (Wildman–Crippen LogP) is 2.89. The van der Waals surface area contributed by atoms with Gasteiger partial charge in [-0.1, -0.05) is 35.9 Å². The number of halogens is 1. The highest BCUT2D eigenvalue weighted by Gasteiger charge is 2.06. The van der Waals surface area contributed by atoms with E-state index < -0.39 is 0 Å². The van der Waals surface area contributed by atoms with Crippen LogP contribution < -0.4 is 10.1 Å². The van der Waals surface area contributed by atoms with E-state index in [1.807, 2.05) is 18.2 Å². The largest absolute Gasteiger partial charge is 0.504 e. The van der Waals surface area contributed by atoms with Crippen LogP contribution in [0.25, 0.3) is 0 Å². The van der Waals surface area contributed by atoms with Crippen LogP contribution in [0, 0.1) is 0 Å². The predicted molar refractivity (Wildman–Crippen MR) is 87.6 cm³/mol. The molecule has 0 fully saturated rings. The van der Waals surface area contributed by atoms with Crippen LogP contribution in [0.5, 0.6) is 11.5 Å². The van der Waals surface area contributed by atoms with Gasteiger partial charge in [-0.25, -0.2) is 0 Å². The van der Waals surface area contributed by atoms with Gasteiger partial charge in [0.05, 0.1) is 13.7 Å². The monoisotopic (exact) mass is 335 g/mol. The fourth-order valence-electron chi connectivity index (χ4n) is 1.95. The number of methoxy groups -OCH3 is 1. The lowest BCUT2D eigenvalue weighted by molar-refractivity contribution is -0.126. The number of ether oxygens (including phenoxy) is 2. The molecule has 0 aliphatic rings. The molecule has 0 atom stereocenters. The standard InChI is InChI=1S/C17H18ClNO4/c1-22-16-8-12(6-7-15(16)20)9-19-17(21)11-23-10-13-4-2-3-5-14(13)18/h2-8,20H,9-11H2,1H3,(H,19,21). The first-order chi connectivity index (χ1) is 11.1. The van der Waals surface area contributed by atoms with Crippen molar-refractivity contribution < 1.29 is 19.4 Å². The van der Waals surface area contributed by atoms with Gasteiger partial charge in [-0.3, -0.25) is 4.79 Å². The minimum absolute atomic E-state index is 0.0551. The van der Waals surface area contributed by atoms with Gasteiger partial charge in [0, 0.05) is 11.6 Å². The van der Waals surface area contributed by atoms with Crippen molar-refractivity contribution in [2.24, 2.45) is 0 Å². The fraction of sp³-hybridized carbons (Fsp3) is 0.235. The van der Waals surface area contributed by atoms with Gasteiger partial charge in [-0.2, -0.15) is 0 Å². The van der Waals surface area contributed by atoms with Crippen molar-refractivity contribution in [3.8, 4) is 11.5 Å². The van der Waals surface area contributed by atoms with Crippen LogP contribution in [0.15, 0.2) is 42.5 Å². The van der Waals surface area contributed by atoms with E-state index >= 15 is 0 Å². The van der Waals surface area contributed by atoms with Gasteiger partial charge in [-0.05, 0) is 29.3 Å². The summed E-state index contributed by atoms with van der Waals surface area (Å²) in [6, 6.07) is 12.2. The number of nitrogens with one attached hydrogen (secondary N) is 1. The third-order valence-corrected chi connectivity index (χ3v) is 3.55. The molecule has 2 aromatic rings. The molecule has 0 radical (unpaired) electrons. The summed E-state index contributed by atoms with van der Waals surface area (Å²) in [5, 5.41) is 12.9. The number of amides is 1. The minimum atomic E-state index is -0.232. The average Bonchev–Trinajstić information content (AvgIpc) is 2.56. The molecule has 0 saturated heterocycles. The van der Waals surface area contributed by atoms with E-state index in [1.54, 1.807) is 18.2 Å². The van der Waals surface area contributed by atoms with Crippen molar-refractivity contribution in [3.63, 3.8) is 0 Å². The zero-order valence-corrected chi connectivity index (χ0v) is 13.5. The van der Waals surface area contributed by atoms with E-state index in [0.29, 0.717) is 17.3 Å². The van der Waals surface area contributed by atoms with Crippen LogP contribution in [0.2, 0.25) is 5.02 Å². The molecule has 0 aromatic heterocycles. The molecule has 0 unspecified atom stereocenters. The van der Waals surface area contributed by atoms with Crippen molar-refractivity contribution in [2.75, 3.05) is 13.7 Å². The highest BCUT2D eigenvalue weighted by Crippen LogP contribution is 2.26. The molecule has 0 heterocycles. The van der Waals surface area contributed by atoms with Gasteiger partial charge in [-0.15, -0.1) is 0 Å². The Morgan fingerprint density at radius 1 is 1.26 bits per heavy atom. The first-order valence-corrected chi connectivity index (χ1v) is 7.41. The van der Waals surface area contributed by atoms with E-state index in [1.165, 1.54) is 13.2 Å². The van der Waals surface area contributed by atoms with E-state index in [-0.39, 0.29) is 24.9 Å². The van der Waals surface area contributed by atoms with Crippen LogP contribution in [-0.2, 0) is 22.7 Å². The number of carbonyl (C=O) groups is 1. The number of rotatable bonds is 7. The summed E-state index contributed by atoms with van der Waals surface area (Å²) >= 11 is 6.01. The van der Waals surface area contributed by atoms with E-state index in [0.717, 1.165) is 11.1 Å². The number of aromatic hydroxyl groups is 1. The Morgan fingerprint density at radius 3 is 2.78 bits per heavy atom. The second kappa shape index (κ2) is 8.41. The van der Waals surface area contributed by atoms with Gasteiger partial charge in [0.15, 0.2) is 11.5 Å². The highest BCUT2D eigenvalue weighted by molar-refractivity contribution is 6.31. The van der Waals surface area contributed by atoms with Crippen molar-refractivity contribution in [1.29, 1.82) is 0 Å². The topological polar surface area (TPSA) is 67.8 Å². The second-order valence-corrected chi connectivity index (χ2v) is 5.27. The summed E-state index contributed by atoms with van der Waals surface area (Å²) in [7, 11) is 1.47. The molecule has 0 saturated carbocycles. The first kappa shape index (κ1) is 17.1. The number of phenolic OH excluding ortho intramolecular Hbond substituents is 1. The number of benzene rings is 2. The Balaban J connectivity index is 1.76. The molecule has 0 aliphatic carbocycles. The third kappa shape index (κ3) is 5.16. The molecule has 2 rings (SSSR count). The lowest BCUT2D eigenvalue weighted by atomic mass is 10.2. The molecule has 2 aromatic carbocycles. The lowest BCUT2D eigenvalue weighted by Crippen LogP contribution is -2.27. The van der Waals surface area contributed by atoms with Gasteiger partial charge in [0.25, 0.3) is 0 Å². The van der Waals surface area contributed by atoms with E-state index in [9.17, 15) is 9.90 Å². The molecular weight excluding hydrogens is 318 g/mol. The fourth-order valence-corrected chi connectivity index (χ4v) is 2.14. The molecule has 2 N–H and O–H groups in total. The quantitative estimate of drug-likeness (QED) is 0.816. The maximum Gasteiger partial charge on any atom is 0.246 e. The van der Waals surface area contributed by atoms with Crippen molar-refractivity contribution in [1.82, 2.24) is 5.32 Å². The average molecular weight is 336 g/mol. The summed E-state index contributed by atoms with van der Waals surface area (Å²) in [5.41, 5.74) is 1.66. The molecule has 5 nitrogen and oxygen atoms in total. The van der Waals surface area contributed by atoms with Crippen molar-refractivity contribution in [3.05, 3.63) is 58.6 Å². The second-order valence-electron chi connectivity index (χ2n) is 4.87.